The van der Waals surface area contributed by atoms with E-state index in [1.807, 2.05) is 6.92 Å². The number of amides is 2. The van der Waals surface area contributed by atoms with Gasteiger partial charge in [0, 0.05) is 13.6 Å². The van der Waals surface area contributed by atoms with Crippen LogP contribution in [0.2, 0.25) is 0 Å². The van der Waals surface area contributed by atoms with Gasteiger partial charge in [-0.15, -0.1) is 0 Å². The van der Waals surface area contributed by atoms with Crippen LogP contribution in [0.1, 0.15) is 27.9 Å². The first kappa shape index (κ1) is 11.2. The molecular formula is C10H13N3O2. The molecule has 0 aliphatic heterocycles. The average molecular weight is 207 g/mol. The Kier molecular flexibility index (Phi) is 3.79. The van der Waals surface area contributed by atoms with Crippen molar-refractivity contribution in [3.05, 3.63) is 29.6 Å². The van der Waals surface area contributed by atoms with E-state index in [4.69, 9.17) is 0 Å². The normalized spacial score (nSPS) is 9.47. The number of hydrogen-bond donors (Lipinski definition) is 2. The van der Waals surface area contributed by atoms with E-state index in [0.717, 1.165) is 0 Å². The molecule has 5 heteroatoms. The fourth-order valence-corrected chi connectivity index (χ4v) is 1.07. The molecule has 0 atom stereocenters. The number of nitrogens with one attached hydrogen (secondary N) is 2. The van der Waals surface area contributed by atoms with Crippen molar-refractivity contribution in [3.63, 3.8) is 0 Å². The molecule has 2 amide bonds. The van der Waals surface area contributed by atoms with Gasteiger partial charge in [0.25, 0.3) is 11.8 Å². The van der Waals surface area contributed by atoms with Crippen molar-refractivity contribution in [3.8, 4) is 0 Å². The van der Waals surface area contributed by atoms with Crippen molar-refractivity contribution < 1.29 is 9.59 Å². The molecule has 0 radical (unpaired) electrons. The molecule has 80 valence electrons. The largest absolute Gasteiger partial charge is 0.354 e. The second kappa shape index (κ2) is 5.09. The van der Waals surface area contributed by atoms with Gasteiger partial charge < -0.3 is 10.6 Å². The fraction of sp³-hybridized carbons (Fsp3) is 0.300. The Morgan fingerprint density at radius 1 is 1.27 bits per heavy atom. The Bertz CT molecular complexity index is 377. The molecule has 0 fully saturated rings. The summed E-state index contributed by atoms with van der Waals surface area (Å²) in [5.74, 6) is -0.579. The van der Waals surface area contributed by atoms with Crippen LogP contribution >= 0.6 is 0 Å². The van der Waals surface area contributed by atoms with Crippen molar-refractivity contribution in [2.24, 2.45) is 0 Å². The number of rotatable bonds is 3. The van der Waals surface area contributed by atoms with E-state index < -0.39 is 0 Å². The minimum Gasteiger partial charge on any atom is -0.354 e. The zero-order valence-electron chi connectivity index (χ0n) is 8.70. The van der Waals surface area contributed by atoms with E-state index in [1.54, 1.807) is 18.2 Å². The minimum absolute atomic E-state index is 0.237. The van der Waals surface area contributed by atoms with Crippen molar-refractivity contribution >= 4 is 11.8 Å². The molecule has 15 heavy (non-hydrogen) atoms. The van der Waals surface area contributed by atoms with Gasteiger partial charge in [0.15, 0.2) is 0 Å². The molecule has 0 aromatic carbocycles. The SMILES string of the molecule is CCNC(=O)c1cccc(C(=O)NC)n1. The van der Waals surface area contributed by atoms with Gasteiger partial charge in [0.05, 0.1) is 0 Å². The van der Waals surface area contributed by atoms with Crippen LogP contribution in [0.15, 0.2) is 18.2 Å². The van der Waals surface area contributed by atoms with Gasteiger partial charge in [0.2, 0.25) is 0 Å². The van der Waals surface area contributed by atoms with Crippen LogP contribution in [0.3, 0.4) is 0 Å². The van der Waals surface area contributed by atoms with Gasteiger partial charge in [0.1, 0.15) is 11.4 Å². The van der Waals surface area contributed by atoms with Crippen molar-refractivity contribution in [1.82, 2.24) is 15.6 Å². The van der Waals surface area contributed by atoms with Crippen LogP contribution in [0, 0.1) is 0 Å². The third-order valence-corrected chi connectivity index (χ3v) is 1.78. The van der Waals surface area contributed by atoms with E-state index >= 15 is 0 Å². The number of nitrogens with zero attached hydrogens (tertiary/aromatic N) is 1. The maximum atomic E-state index is 11.4. The molecule has 2 N–H and O–H groups in total. The third-order valence-electron chi connectivity index (χ3n) is 1.78. The lowest BCUT2D eigenvalue weighted by Gasteiger charge is -2.03. The van der Waals surface area contributed by atoms with Gasteiger partial charge in [-0.3, -0.25) is 9.59 Å². The maximum Gasteiger partial charge on any atom is 0.269 e. The summed E-state index contributed by atoms with van der Waals surface area (Å²) in [6.45, 7) is 2.35. The Morgan fingerprint density at radius 2 is 1.87 bits per heavy atom. The predicted molar refractivity (Wildman–Crippen MR) is 55.6 cm³/mol. The summed E-state index contributed by atoms with van der Waals surface area (Å²) in [4.78, 5) is 26.6. The maximum absolute atomic E-state index is 11.4. The zero-order valence-corrected chi connectivity index (χ0v) is 8.70. The van der Waals surface area contributed by atoms with Crippen LogP contribution in [0.4, 0.5) is 0 Å². The predicted octanol–water partition coefficient (Wildman–Crippen LogP) is 0.191. The van der Waals surface area contributed by atoms with E-state index in [1.165, 1.54) is 7.05 Å². The minimum atomic E-state index is -0.304. The molecule has 1 rings (SSSR count). The van der Waals surface area contributed by atoms with Crippen LogP contribution in [-0.2, 0) is 0 Å². The standard InChI is InChI=1S/C10H13N3O2/c1-3-12-10(15)8-6-4-5-7(13-8)9(14)11-2/h4-6H,3H2,1-2H3,(H,11,14)(H,12,15). The second-order valence-corrected chi connectivity index (χ2v) is 2.85. The van der Waals surface area contributed by atoms with Gasteiger partial charge in [-0.1, -0.05) is 6.07 Å². The smallest absolute Gasteiger partial charge is 0.269 e. The lowest BCUT2D eigenvalue weighted by molar-refractivity contribution is 0.0949. The van der Waals surface area contributed by atoms with Crippen LogP contribution in [0.25, 0.3) is 0 Å². The van der Waals surface area contributed by atoms with Crippen LogP contribution in [-0.4, -0.2) is 30.4 Å². The number of hydrogen-bond acceptors (Lipinski definition) is 3. The van der Waals surface area contributed by atoms with Gasteiger partial charge in [-0.05, 0) is 19.1 Å². The molecular weight excluding hydrogens is 194 g/mol. The molecule has 1 aromatic heterocycles. The first-order valence-electron chi connectivity index (χ1n) is 4.66. The summed E-state index contributed by atoms with van der Waals surface area (Å²) in [6.07, 6.45) is 0. The van der Waals surface area contributed by atoms with Crippen LogP contribution in [0.5, 0.6) is 0 Å². The topological polar surface area (TPSA) is 71.1 Å². The summed E-state index contributed by atoms with van der Waals surface area (Å²) in [5, 5.41) is 5.06. The van der Waals surface area contributed by atoms with Gasteiger partial charge in [-0.25, -0.2) is 4.98 Å². The quantitative estimate of drug-likeness (QED) is 0.743. The number of pyridine rings is 1. The molecule has 0 unspecified atom stereocenters. The molecule has 1 aromatic rings. The highest BCUT2D eigenvalue weighted by Gasteiger charge is 2.09. The molecule has 0 saturated heterocycles. The molecule has 0 spiro atoms. The Labute approximate surface area is 87.9 Å². The van der Waals surface area contributed by atoms with Crippen LogP contribution < -0.4 is 10.6 Å². The van der Waals surface area contributed by atoms with Crippen molar-refractivity contribution in [2.75, 3.05) is 13.6 Å². The van der Waals surface area contributed by atoms with E-state index in [2.05, 4.69) is 15.6 Å². The van der Waals surface area contributed by atoms with Gasteiger partial charge in [-0.2, -0.15) is 0 Å². The Hall–Kier alpha value is -1.91. The van der Waals surface area contributed by atoms with E-state index in [-0.39, 0.29) is 23.2 Å². The molecule has 5 nitrogen and oxygen atoms in total. The number of aromatic nitrogens is 1. The molecule has 0 aliphatic carbocycles. The first-order valence-corrected chi connectivity index (χ1v) is 4.66. The molecule has 0 bridgehead atoms. The molecule has 0 saturated carbocycles. The van der Waals surface area contributed by atoms with Crippen molar-refractivity contribution in [1.29, 1.82) is 0 Å². The summed E-state index contributed by atoms with van der Waals surface area (Å²) in [7, 11) is 1.52. The molecule has 1 heterocycles. The first-order chi connectivity index (χ1) is 7.19. The Balaban J connectivity index is 2.92. The number of carbonyl (C=O) groups is 2. The molecule has 0 aliphatic rings. The summed E-state index contributed by atoms with van der Waals surface area (Å²) in [6, 6.07) is 4.75. The Morgan fingerprint density at radius 3 is 2.40 bits per heavy atom. The lowest BCUT2D eigenvalue weighted by atomic mass is 10.3. The highest BCUT2D eigenvalue weighted by Crippen LogP contribution is 1.99. The number of carbonyl (C=O) groups excluding carboxylic acids is 2. The summed E-state index contributed by atoms with van der Waals surface area (Å²) in [5.41, 5.74) is 0.485. The average Bonchev–Trinajstić information content (AvgIpc) is 2.28. The highest BCUT2D eigenvalue weighted by molar-refractivity contribution is 5.96. The summed E-state index contributed by atoms with van der Waals surface area (Å²) < 4.78 is 0. The lowest BCUT2D eigenvalue weighted by Crippen LogP contribution is -2.25. The van der Waals surface area contributed by atoms with Gasteiger partial charge >= 0.3 is 0 Å². The van der Waals surface area contributed by atoms with E-state index in [0.29, 0.717) is 6.54 Å². The van der Waals surface area contributed by atoms with Crippen molar-refractivity contribution in [2.45, 2.75) is 6.92 Å². The van der Waals surface area contributed by atoms with E-state index in [9.17, 15) is 9.59 Å². The third kappa shape index (κ3) is 2.77. The zero-order chi connectivity index (χ0) is 11.3. The fourth-order valence-electron chi connectivity index (χ4n) is 1.07. The second-order valence-electron chi connectivity index (χ2n) is 2.85. The highest BCUT2D eigenvalue weighted by atomic mass is 16.2. The monoisotopic (exact) mass is 207 g/mol. The summed E-state index contributed by atoms with van der Waals surface area (Å²) >= 11 is 0.